The first kappa shape index (κ1) is 17.9. The summed E-state index contributed by atoms with van der Waals surface area (Å²) in [4.78, 5) is 4.52. The SMILES string of the molecule is Nc1nc2cc(Br)ccc2cc1CCCCCOCc1ccccc1. The number of nitrogens with two attached hydrogens (primary N) is 1. The number of nitrogen functional groups attached to an aromatic ring is 1. The number of anilines is 1. The number of hydrogen-bond acceptors (Lipinski definition) is 3. The Morgan fingerprint density at radius 3 is 2.64 bits per heavy atom. The molecule has 0 radical (unpaired) electrons. The van der Waals surface area contributed by atoms with Gasteiger partial charge in [0.25, 0.3) is 0 Å². The summed E-state index contributed by atoms with van der Waals surface area (Å²) in [5.74, 6) is 0.644. The first-order chi connectivity index (χ1) is 12.2. The fourth-order valence-corrected chi connectivity index (χ4v) is 3.21. The lowest BCUT2D eigenvalue weighted by Crippen LogP contribution is -2.00. The quantitative estimate of drug-likeness (QED) is 0.508. The minimum absolute atomic E-state index is 0.644. The van der Waals surface area contributed by atoms with Crippen LogP contribution in [0.2, 0.25) is 0 Å². The highest BCUT2D eigenvalue weighted by Gasteiger charge is 2.05. The van der Waals surface area contributed by atoms with E-state index in [1.807, 2.05) is 30.3 Å². The molecule has 2 N–H and O–H groups in total. The van der Waals surface area contributed by atoms with E-state index in [1.165, 1.54) is 5.56 Å². The molecule has 4 heteroatoms. The highest BCUT2D eigenvalue weighted by molar-refractivity contribution is 9.10. The van der Waals surface area contributed by atoms with Gasteiger partial charge in [-0.1, -0.05) is 58.7 Å². The van der Waals surface area contributed by atoms with E-state index in [0.29, 0.717) is 12.4 Å². The molecule has 130 valence electrons. The van der Waals surface area contributed by atoms with Crippen molar-refractivity contribution in [2.24, 2.45) is 0 Å². The molecule has 3 rings (SSSR count). The van der Waals surface area contributed by atoms with Crippen molar-refractivity contribution in [3.63, 3.8) is 0 Å². The molecule has 0 aliphatic rings. The van der Waals surface area contributed by atoms with Gasteiger partial charge in [-0.15, -0.1) is 0 Å². The number of halogens is 1. The first-order valence-electron chi connectivity index (χ1n) is 8.69. The number of hydrogen-bond donors (Lipinski definition) is 1. The summed E-state index contributed by atoms with van der Waals surface area (Å²) in [6, 6.07) is 18.6. The summed E-state index contributed by atoms with van der Waals surface area (Å²) in [5.41, 5.74) is 9.41. The van der Waals surface area contributed by atoms with Crippen LogP contribution in [-0.2, 0) is 17.8 Å². The summed E-state index contributed by atoms with van der Waals surface area (Å²) in [6.45, 7) is 1.49. The maximum Gasteiger partial charge on any atom is 0.127 e. The monoisotopic (exact) mass is 398 g/mol. The normalized spacial score (nSPS) is 11.1. The van der Waals surface area contributed by atoms with Crippen molar-refractivity contribution >= 4 is 32.7 Å². The van der Waals surface area contributed by atoms with Crippen LogP contribution in [0, 0.1) is 0 Å². The molecule has 3 aromatic rings. The van der Waals surface area contributed by atoms with E-state index < -0.39 is 0 Å². The van der Waals surface area contributed by atoms with E-state index in [1.54, 1.807) is 0 Å². The first-order valence-corrected chi connectivity index (χ1v) is 9.48. The van der Waals surface area contributed by atoms with Gasteiger partial charge in [0, 0.05) is 16.5 Å². The second-order valence-corrected chi connectivity index (χ2v) is 7.13. The molecular weight excluding hydrogens is 376 g/mol. The van der Waals surface area contributed by atoms with Crippen LogP contribution >= 0.6 is 15.9 Å². The average Bonchev–Trinajstić information content (AvgIpc) is 2.62. The minimum atomic E-state index is 0.644. The Bertz CT molecular complexity index is 821. The predicted octanol–water partition coefficient (Wildman–Crippen LogP) is 5.51. The van der Waals surface area contributed by atoms with E-state index in [2.05, 4.69) is 45.2 Å². The number of ether oxygens (including phenoxy) is 1. The van der Waals surface area contributed by atoms with Crippen LogP contribution in [0.3, 0.4) is 0 Å². The number of pyridine rings is 1. The van der Waals surface area contributed by atoms with Gasteiger partial charge in [-0.3, -0.25) is 0 Å². The minimum Gasteiger partial charge on any atom is -0.383 e. The Morgan fingerprint density at radius 2 is 1.80 bits per heavy atom. The molecule has 0 unspecified atom stereocenters. The van der Waals surface area contributed by atoms with E-state index >= 15 is 0 Å². The number of unbranched alkanes of at least 4 members (excludes halogenated alkanes) is 2. The lowest BCUT2D eigenvalue weighted by atomic mass is 10.1. The van der Waals surface area contributed by atoms with Crippen LogP contribution in [-0.4, -0.2) is 11.6 Å². The number of nitrogens with zero attached hydrogens (tertiary/aromatic N) is 1. The molecule has 0 spiro atoms. The van der Waals surface area contributed by atoms with Crippen LogP contribution in [0.1, 0.15) is 30.4 Å². The zero-order chi connectivity index (χ0) is 17.5. The van der Waals surface area contributed by atoms with E-state index in [9.17, 15) is 0 Å². The Kier molecular flexibility index (Phi) is 6.42. The van der Waals surface area contributed by atoms with Crippen LogP contribution < -0.4 is 5.73 Å². The van der Waals surface area contributed by atoms with Gasteiger partial charge in [-0.05, 0) is 48.6 Å². The second kappa shape index (κ2) is 8.97. The van der Waals surface area contributed by atoms with Crippen LogP contribution in [0.25, 0.3) is 10.9 Å². The molecule has 0 aliphatic heterocycles. The number of aromatic nitrogens is 1. The zero-order valence-corrected chi connectivity index (χ0v) is 15.8. The number of benzene rings is 2. The fourth-order valence-electron chi connectivity index (χ4n) is 2.86. The summed E-state index contributed by atoms with van der Waals surface area (Å²) < 4.78 is 6.75. The molecule has 0 bridgehead atoms. The van der Waals surface area contributed by atoms with Crippen molar-refractivity contribution in [1.82, 2.24) is 4.98 Å². The molecule has 1 aromatic heterocycles. The van der Waals surface area contributed by atoms with Gasteiger partial charge in [-0.25, -0.2) is 4.98 Å². The van der Waals surface area contributed by atoms with Crippen LogP contribution in [0.4, 0.5) is 5.82 Å². The van der Waals surface area contributed by atoms with E-state index in [0.717, 1.165) is 53.2 Å². The van der Waals surface area contributed by atoms with Gasteiger partial charge in [0.1, 0.15) is 5.82 Å². The van der Waals surface area contributed by atoms with Crippen molar-refractivity contribution in [2.75, 3.05) is 12.3 Å². The lowest BCUT2D eigenvalue weighted by molar-refractivity contribution is 0.117. The molecule has 3 nitrogen and oxygen atoms in total. The van der Waals surface area contributed by atoms with Crippen molar-refractivity contribution in [2.45, 2.75) is 32.3 Å². The summed E-state index contributed by atoms with van der Waals surface area (Å²) in [6.07, 6.45) is 4.26. The van der Waals surface area contributed by atoms with Gasteiger partial charge in [-0.2, -0.15) is 0 Å². The third-order valence-corrected chi connectivity index (χ3v) is 4.73. The fraction of sp³-hybridized carbons (Fsp3) is 0.286. The maximum atomic E-state index is 6.11. The molecule has 0 saturated heterocycles. The van der Waals surface area contributed by atoms with E-state index in [-0.39, 0.29) is 0 Å². The maximum absolute atomic E-state index is 6.11. The van der Waals surface area contributed by atoms with Gasteiger partial charge >= 0.3 is 0 Å². The summed E-state index contributed by atoms with van der Waals surface area (Å²) in [5, 5.41) is 1.14. The molecule has 1 heterocycles. The predicted molar refractivity (Wildman–Crippen MR) is 108 cm³/mol. The molecule has 0 saturated carbocycles. The van der Waals surface area contributed by atoms with Gasteiger partial charge in [0.2, 0.25) is 0 Å². The second-order valence-electron chi connectivity index (χ2n) is 6.22. The largest absolute Gasteiger partial charge is 0.383 e. The van der Waals surface area contributed by atoms with Gasteiger partial charge in [0.05, 0.1) is 12.1 Å². The molecule has 0 aliphatic carbocycles. The van der Waals surface area contributed by atoms with Crippen molar-refractivity contribution in [3.05, 3.63) is 70.2 Å². The molecular formula is C21H23BrN2O. The molecule has 0 atom stereocenters. The third kappa shape index (κ3) is 5.28. The van der Waals surface area contributed by atoms with Gasteiger partial charge < -0.3 is 10.5 Å². The smallest absolute Gasteiger partial charge is 0.127 e. The summed E-state index contributed by atoms with van der Waals surface area (Å²) >= 11 is 3.47. The van der Waals surface area contributed by atoms with E-state index in [4.69, 9.17) is 10.5 Å². The van der Waals surface area contributed by atoms with Crippen LogP contribution in [0.15, 0.2) is 59.1 Å². The number of aryl methyl sites for hydroxylation is 1. The Labute approximate surface area is 157 Å². The lowest BCUT2D eigenvalue weighted by Gasteiger charge is -2.08. The van der Waals surface area contributed by atoms with Gasteiger partial charge in [0.15, 0.2) is 0 Å². The zero-order valence-electron chi connectivity index (χ0n) is 14.2. The highest BCUT2D eigenvalue weighted by atomic mass is 79.9. The summed E-state index contributed by atoms with van der Waals surface area (Å²) in [7, 11) is 0. The molecule has 0 fully saturated rings. The van der Waals surface area contributed by atoms with Crippen molar-refractivity contribution in [3.8, 4) is 0 Å². The molecule has 25 heavy (non-hydrogen) atoms. The Morgan fingerprint density at radius 1 is 0.960 bits per heavy atom. The highest BCUT2D eigenvalue weighted by Crippen LogP contribution is 2.23. The third-order valence-electron chi connectivity index (χ3n) is 4.24. The van der Waals surface area contributed by atoms with Crippen molar-refractivity contribution < 1.29 is 4.74 Å². The molecule has 2 aromatic carbocycles. The van der Waals surface area contributed by atoms with Crippen molar-refractivity contribution in [1.29, 1.82) is 0 Å². The Balaban J connectivity index is 1.41. The molecule has 0 amide bonds. The standard InChI is InChI=1S/C21H23BrN2O/c22-19-11-10-17-13-18(21(23)24-20(17)14-19)9-5-2-6-12-25-15-16-7-3-1-4-8-16/h1,3-4,7-8,10-11,13-14H,2,5-6,9,12,15H2,(H2,23,24). The number of rotatable bonds is 8. The number of fused-ring (bicyclic) bond motifs is 1. The van der Waals surface area contributed by atoms with Crippen LogP contribution in [0.5, 0.6) is 0 Å². The average molecular weight is 399 g/mol. The topological polar surface area (TPSA) is 48.1 Å². The Hall–Kier alpha value is -1.91.